The summed E-state index contributed by atoms with van der Waals surface area (Å²) in [6.45, 7) is 0. The molecule has 0 aromatic heterocycles. The molecule has 1 aliphatic heterocycles. The zero-order valence-electron chi connectivity index (χ0n) is 21.9. The number of aliphatic hydroxyl groups excluding tert-OH is 2. The molecule has 1 aliphatic rings. The Labute approximate surface area is 244 Å². The smallest absolute Gasteiger partial charge is 0.340 e. The number of aliphatic hydroxyl groups is 2. The van der Waals surface area contributed by atoms with Gasteiger partial charge in [-0.1, -0.05) is 0 Å². The second-order valence-electron chi connectivity index (χ2n) is 9.52. The first-order valence-electron chi connectivity index (χ1n) is 12.3. The first-order valence-corrected chi connectivity index (χ1v) is 12.3. The number of aromatic hydroxyl groups is 9. The van der Waals surface area contributed by atoms with Crippen molar-refractivity contribution < 1.29 is 84.8 Å². The molecule has 5 atom stereocenters. The predicted octanol–water partition coefficient (Wildman–Crippen LogP) is 0.139. The maximum Gasteiger partial charge on any atom is 0.340 e. The van der Waals surface area contributed by atoms with Gasteiger partial charge in [0, 0.05) is 12.0 Å². The highest BCUT2D eigenvalue weighted by Crippen LogP contribution is 2.39. The molecule has 0 spiro atoms. The summed E-state index contributed by atoms with van der Waals surface area (Å²) in [7, 11) is 0. The van der Waals surface area contributed by atoms with Crippen LogP contribution in [0.4, 0.5) is 0 Å². The van der Waals surface area contributed by atoms with Crippen LogP contribution in [0.1, 0.15) is 37.5 Å². The molecule has 17 heteroatoms. The van der Waals surface area contributed by atoms with E-state index < -0.39 is 123 Å². The van der Waals surface area contributed by atoms with E-state index in [1.54, 1.807) is 0 Å². The average molecular weight is 620 g/mol. The van der Waals surface area contributed by atoms with E-state index in [1.165, 1.54) is 0 Å². The van der Waals surface area contributed by atoms with Gasteiger partial charge in [-0.2, -0.15) is 0 Å². The molecule has 234 valence electrons. The summed E-state index contributed by atoms with van der Waals surface area (Å²) in [5.74, 6) is -11.9. The number of Topliss-reactive ketones (excluding diaryl/α,β-unsaturated/α-hetero) is 1. The first kappa shape index (κ1) is 31.3. The van der Waals surface area contributed by atoms with Gasteiger partial charge in [-0.3, -0.25) is 4.79 Å². The predicted molar refractivity (Wildman–Crippen MR) is 139 cm³/mol. The summed E-state index contributed by atoms with van der Waals surface area (Å²) in [4.78, 5) is 38.6. The molecule has 11 N–H and O–H groups in total. The Kier molecular flexibility index (Phi) is 8.48. The summed E-state index contributed by atoms with van der Waals surface area (Å²) in [5.41, 5.74) is -1.51. The van der Waals surface area contributed by atoms with Crippen LogP contribution in [0, 0.1) is 0 Å². The van der Waals surface area contributed by atoms with Crippen molar-refractivity contribution in [2.45, 2.75) is 37.1 Å². The molecule has 1 fully saturated rings. The van der Waals surface area contributed by atoms with Crippen LogP contribution in [0.15, 0.2) is 36.4 Å². The Hall–Kier alpha value is -5.65. The normalized spacial score (nSPS) is 21.4. The first-order chi connectivity index (χ1) is 20.6. The number of rotatable bonds is 7. The Morgan fingerprint density at radius 1 is 0.568 bits per heavy atom. The fourth-order valence-corrected chi connectivity index (χ4v) is 4.19. The molecule has 1 heterocycles. The van der Waals surface area contributed by atoms with E-state index in [1.807, 2.05) is 0 Å². The summed E-state index contributed by atoms with van der Waals surface area (Å²) in [6.07, 6.45) is -11.0. The van der Waals surface area contributed by atoms with Crippen molar-refractivity contribution in [3.8, 4) is 51.7 Å². The third-order valence-electron chi connectivity index (χ3n) is 6.50. The van der Waals surface area contributed by atoms with Gasteiger partial charge in [0.15, 0.2) is 63.6 Å². The Bertz CT molecular complexity index is 1560. The minimum Gasteiger partial charge on any atom is -0.504 e. The van der Waals surface area contributed by atoms with Crippen LogP contribution in [0.25, 0.3) is 0 Å². The summed E-state index contributed by atoms with van der Waals surface area (Å²) in [5, 5.41) is 108. The van der Waals surface area contributed by atoms with E-state index in [0.29, 0.717) is 24.3 Å². The van der Waals surface area contributed by atoms with Crippen LogP contribution in [-0.2, 0) is 14.2 Å². The van der Waals surface area contributed by atoms with E-state index >= 15 is 0 Å². The zero-order valence-corrected chi connectivity index (χ0v) is 21.9. The molecule has 0 radical (unpaired) electrons. The highest BCUT2D eigenvalue weighted by atomic mass is 16.7. The SMILES string of the molecule is O=C(C[C@H]1OC(OC(=O)c2cc(O)c(O)c(O)c2)[C@H](O)[C@@H](O)[C@@H]1OC(=O)c1cc(O)c(O)c(O)c1)c1cc(O)c(O)c(O)c1. The highest BCUT2D eigenvalue weighted by molar-refractivity contribution is 5.98. The molecular formula is C27H24O17. The molecule has 17 nitrogen and oxygen atoms in total. The lowest BCUT2D eigenvalue weighted by atomic mass is 9.93. The van der Waals surface area contributed by atoms with Gasteiger partial charge in [-0.15, -0.1) is 0 Å². The van der Waals surface area contributed by atoms with Crippen LogP contribution >= 0.6 is 0 Å². The van der Waals surface area contributed by atoms with Crippen molar-refractivity contribution in [1.29, 1.82) is 0 Å². The number of carbonyl (C=O) groups is 3. The molecular weight excluding hydrogens is 596 g/mol. The fourth-order valence-electron chi connectivity index (χ4n) is 4.19. The second-order valence-corrected chi connectivity index (χ2v) is 9.52. The third-order valence-corrected chi connectivity index (χ3v) is 6.50. The molecule has 3 aromatic rings. The Morgan fingerprint density at radius 2 is 0.932 bits per heavy atom. The number of benzene rings is 3. The number of carbonyl (C=O) groups excluding carboxylic acids is 3. The summed E-state index contributed by atoms with van der Waals surface area (Å²) < 4.78 is 15.7. The van der Waals surface area contributed by atoms with Gasteiger partial charge >= 0.3 is 11.9 Å². The number of esters is 2. The van der Waals surface area contributed by atoms with Gasteiger partial charge in [0.2, 0.25) is 6.29 Å². The molecule has 3 aromatic carbocycles. The molecule has 0 aliphatic carbocycles. The Balaban J connectivity index is 1.64. The van der Waals surface area contributed by atoms with Gasteiger partial charge in [0.05, 0.1) is 11.1 Å². The number of ketones is 1. The minimum absolute atomic E-state index is 0.399. The van der Waals surface area contributed by atoms with E-state index in [-0.39, 0.29) is 0 Å². The standard InChI is InChI=1S/C27H24O17/c28-11(8-1-12(29)19(35)13(30)2-8)7-18-24(43-25(40)9-3-14(31)20(36)15(32)4-9)22(38)23(39)27(42-18)44-26(41)10-5-16(33)21(37)17(34)6-10/h1-6,18,22-24,27,29-39H,7H2/t18-,22-,23-,24-,27?/m1/s1. The van der Waals surface area contributed by atoms with Gasteiger partial charge < -0.3 is 70.4 Å². The van der Waals surface area contributed by atoms with Crippen LogP contribution in [0.3, 0.4) is 0 Å². The molecule has 4 rings (SSSR count). The van der Waals surface area contributed by atoms with E-state index in [4.69, 9.17) is 14.2 Å². The lowest BCUT2D eigenvalue weighted by molar-refractivity contribution is -0.278. The number of hydrogen-bond acceptors (Lipinski definition) is 17. The van der Waals surface area contributed by atoms with E-state index in [0.717, 1.165) is 12.1 Å². The van der Waals surface area contributed by atoms with Gasteiger partial charge in [-0.25, -0.2) is 9.59 Å². The molecule has 44 heavy (non-hydrogen) atoms. The molecule has 1 saturated heterocycles. The number of ether oxygens (including phenoxy) is 3. The summed E-state index contributed by atoms with van der Waals surface area (Å²) in [6, 6.07) is 4.32. The topological polar surface area (TPSA) is 301 Å². The van der Waals surface area contributed by atoms with Gasteiger partial charge in [0.1, 0.15) is 18.3 Å². The zero-order chi connectivity index (χ0) is 32.6. The van der Waals surface area contributed by atoms with E-state index in [2.05, 4.69) is 0 Å². The molecule has 0 bridgehead atoms. The van der Waals surface area contributed by atoms with Crippen LogP contribution < -0.4 is 0 Å². The second kappa shape index (κ2) is 11.9. The maximum absolute atomic E-state index is 13.1. The van der Waals surface area contributed by atoms with Crippen LogP contribution in [0.5, 0.6) is 51.7 Å². The van der Waals surface area contributed by atoms with Gasteiger partial charge in [0.25, 0.3) is 0 Å². The maximum atomic E-state index is 13.1. The minimum atomic E-state index is -2.18. The van der Waals surface area contributed by atoms with Crippen molar-refractivity contribution in [3.63, 3.8) is 0 Å². The van der Waals surface area contributed by atoms with Crippen molar-refractivity contribution in [2.24, 2.45) is 0 Å². The number of hydrogen-bond donors (Lipinski definition) is 11. The third kappa shape index (κ3) is 6.09. The molecule has 0 amide bonds. The summed E-state index contributed by atoms with van der Waals surface area (Å²) >= 11 is 0. The monoisotopic (exact) mass is 620 g/mol. The average Bonchev–Trinajstić information content (AvgIpc) is 2.96. The van der Waals surface area contributed by atoms with Crippen molar-refractivity contribution >= 4 is 17.7 Å². The fraction of sp³-hybridized carbons (Fsp3) is 0.222. The lowest BCUT2D eigenvalue weighted by Gasteiger charge is -2.41. The molecule has 0 saturated carbocycles. The van der Waals surface area contributed by atoms with Crippen molar-refractivity contribution in [2.75, 3.05) is 0 Å². The van der Waals surface area contributed by atoms with Crippen LogP contribution in [-0.4, -0.2) is 105 Å². The van der Waals surface area contributed by atoms with Crippen molar-refractivity contribution in [3.05, 3.63) is 53.1 Å². The highest BCUT2D eigenvalue weighted by Gasteiger charge is 2.49. The van der Waals surface area contributed by atoms with Crippen LogP contribution in [0.2, 0.25) is 0 Å². The number of phenolic OH excluding ortho intramolecular Hbond substituents is 9. The van der Waals surface area contributed by atoms with E-state index in [9.17, 15) is 70.6 Å². The van der Waals surface area contributed by atoms with Crippen molar-refractivity contribution in [1.82, 2.24) is 0 Å². The molecule has 1 unspecified atom stereocenters. The Morgan fingerprint density at radius 3 is 1.34 bits per heavy atom. The largest absolute Gasteiger partial charge is 0.504 e. The number of phenols is 9. The quantitative estimate of drug-likeness (QED) is 0.0950. The van der Waals surface area contributed by atoms with Gasteiger partial charge in [-0.05, 0) is 36.4 Å². The lowest BCUT2D eigenvalue weighted by Crippen LogP contribution is -2.60.